The highest BCUT2D eigenvalue weighted by Gasteiger charge is 1.93. The Balaban J connectivity index is 2.89. The lowest BCUT2D eigenvalue weighted by Crippen LogP contribution is -2.57. The average molecular weight is 288 g/mol. The summed E-state index contributed by atoms with van der Waals surface area (Å²) in [4.78, 5) is 0. The molecule has 0 atom stereocenters. The van der Waals surface area contributed by atoms with E-state index in [0.717, 1.165) is 6.54 Å². The van der Waals surface area contributed by atoms with Crippen LogP contribution in [0, 0.1) is 0 Å². The van der Waals surface area contributed by atoms with Gasteiger partial charge in [-0.15, -0.1) is 0 Å². The number of unbranched alkanes of at least 4 members (excludes halogenated alkanes) is 11. The molecule has 0 bridgehead atoms. The maximum Gasteiger partial charge on any atom is 0.0113 e. The molecule has 20 heavy (non-hydrogen) atoms. The van der Waals surface area contributed by atoms with E-state index in [9.17, 15) is 0 Å². The Morgan fingerprint density at radius 3 is 1.60 bits per heavy atom. The highest BCUT2D eigenvalue weighted by Crippen LogP contribution is 2.11. The molecule has 0 unspecified atom stereocenters. The molecular formula is C14H36N6. The maximum absolute atomic E-state index is 5.00. The Hall–Kier alpha value is -0.240. The first kappa shape index (κ1) is 19.8. The van der Waals surface area contributed by atoms with Gasteiger partial charge in [-0.1, -0.05) is 77.6 Å². The van der Waals surface area contributed by atoms with Gasteiger partial charge in [0.15, 0.2) is 0 Å². The van der Waals surface area contributed by atoms with E-state index in [1.807, 2.05) is 0 Å². The highest BCUT2D eigenvalue weighted by atomic mass is 15.8. The summed E-state index contributed by atoms with van der Waals surface area (Å²) in [6.45, 7) is 3.23. The number of nitrogens with two attached hydrogens (primary N) is 1. The van der Waals surface area contributed by atoms with Crippen LogP contribution < -0.4 is 33.4 Å². The van der Waals surface area contributed by atoms with Crippen molar-refractivity contribution >= 4 is 0 Å². The fraction of sp³-hybridized carbons (Fsp3) is 1.00. The van der Waals surface area contributed by atoms with Crippen molar-refractivity contribution in [1.29, 1.82) is 0 Å². The lowest BCUT2D eigenvalue weighted by molar-refractivity contribution is 0.326. The predicted molar refractivity (Wildman–Crippen MR) is 85.8 cm³/mol. The van der Waals surface area contributed by atoms with E-state index >= 15 is 0 Å². The first-order valence-corrected chi connectivity index (χ1v) is 8.35. The third-order valence-electron chi connectivity index (χ3n) is 3.44. The molecule has 6 heteroatoms. The van der Waals surface area contributed by atoms with Crippen LogP contribution in [-0.4, -0.2) is 6.54 Å². The van der Waals surface area contributed by atoms with Gasteiger partial charge in [0.25, 0.3) is 0 Å². The Morgan fingerprint density at radius 1 is 0.600 bits per heavy atom. The number of hydrazine groups is 5. The van der Waals surface area contributed by atoms with Crippen molar-refractivity contribution in [1.82, 2.24) is 27.6 Å². The molecule has 0 aromatic carbocycles. The molecule has 0 fully saturated rings. The van der Waals surface area contributed by atoms with Crippen molar-refractivity contribution in [3.05, 3.63) is 0 Å². The summed E-state index contributed by atoms with van der Waals surface area (Å²) in [5.74, 6) is 5.00. The molecule has 0 aliphatic carbocycles. The monoisotopic (exact) mass is 288 g/mol. The van der Waals surface area contributed by atoms with E-state index < -0.39 is 0 Å². The normalized spacial score (nSPS) is 11.1. The molecule has 0 aromatic heterocycles. The zero-order chi connectivity index (χ0) is 14.7. The minimum absolute atomic E-state index is 0.955. The van der Waals surface area contributed by atoms with Crippen molar-refractivity contribution in [3.8, 4) is 0 Å². The number of hydrogen-bond donors (Lipinski definition) is 6. The Labute approximate surface area is 124 Å². The van der Waals surface area contributed by atoms with Crippen molar-refractivity contribution in [2.45, 2.75) is 84.0 Å². The van der Waals surface area contributed by atoms with Gasteiger partial charge in [0, 0.05) is 6.54 Å². The highest BCUT2D eigenvalue weighted by molar-refractivity contribution is 4.49. The van der Waals surface area contributed by atoms with Gasteiger partial charge in [0.1, 0.15) is 0 Å². The SMILES string of the molecule is CCCCCCCCCCCCCCNNNNNN. The summed E-state index contributed by atoms with van der Waals surface area (Å²) in [6, 6.07) is 0. The van der Waals surface area contributed by atoms with Gasteiger partial charge in [-0.25, -0.2) is 5.43 Å². The molecule has 0 aliphatic heterocycles. The quantitative estimate of drug-likeness (QED) is 0.140. The molecule has 0 saturated heterocycles. The van der Waals surface area contributed by atoms with Crippen molar-refractivity contribution in [3.63, 3.8) is 0 Å². The largest absolute Gasteiger partial charge is 0.257 e. The predicted octanol–water partition coefficient (Wildman–Crippen LogP) is 2.17. The molecule has 0 aromatic rings. The molecule has 0 amide bonds. The van der Waals surface area contributed by atoms with Gasteiger partial charge in [-0.2, -0.15) is 22.1 Å². The molecule has 0 radical (unpaired) electrons. The standard InChI is InChI=1S/C14H36N6/c1-2-3-4-5-6-7-8-9-10-11-12-13-14-16-18-20-19-17-15/h16-20H,2-15H2,1H3. The number of nitrogens with one attached hydrogen (secondary N) is 5. The second kappa shape index (κ2) is 18.8. The van der Waals surface area contributed by atoms with Crippen LogP contribution in [0.3, 0.4) is 0 Å². The molecule has 0 spiro atoms. The second-order valence-corrected chi connectivity index (χ2v) is 5.34. The number of hydrogen-bond acceptors (Lipinski definition) is 6. The number of rotatable bonds is 17. The smallest absolute Gasteiger partial charge is 0.0113 e. The van der Waals surface area contributed by atoms with Gasteiger partial charge >= 0.3 is 0 Å². The van der Waals surface area contributed by atoms with Crippen molar-refractivity contribution in [2.75, 3.05) is 6.54 Å². The van der Waals surface area contributed by atoms with Crippen LogP contribution in [0.2, 0.25) is 0 Å². The molecule has 0 heterocycles. The molecule has 0 aliphatic rings. The van der Waals surface area contributed by atoms with Crippen LogP contribution in [0.15, 0.2) is 0 Å². The Morgan fingerprint density at radius 2 is 1.10 bits per heavy atom. The van der Waals surface area contributed by atoms with Gasteiger partial charge in [0.2, 0.25) is 0 Å². The minimum atomic E-state index is 0.955. The second-order valence-electron chi connectivity index (χ2n) is 5.34. The third kappa shape index (κ3) is 17.8. The van der Waals surface area contributed by atoms with Crippen LogP contribution in [0.25, 0.3) is 0 Å². The zero-order valence-electron chi connectivity index (χ0n) is 13.3. The summed E-state index contributed by atoms with van der Waals surface area (Å²) in [7, 11) is 0. The topological polar surface area (TPSA) is 86.2 Å². The average Bonchev–Trinajstić information content (AvgIpc) is 2.47. The Bertz CT molecular complexity index is 150. The van der Waals surface area contributed by atoms with Crippen LogP contribution in [0.1, 0.15) is 84.0 Å². The molecule has 122 valence electrons. The minimum Gasteiger partial charge on any atom is -0.257 e. The molecule has 0 saturated carbocycles. The van der Waals surface area contributed by atoms with Gasteiger partial charge in [0.05, 0.1) is 0 Å². The third-order valence-corrected chi connectivity index (χ3v) is 3.44. The van der Waals surface area contributed by atoms with Crippen LogP contribution in [0.5, 0.6) is 0 Å². The zero-order valence-corrected chi connectivity index (χ0v) is 13.3. The fourth-order valence-electron chi connectivity index (χ4n) is 2.23. The van der Waals surface area contributed by atoms with Gasteiger partial charge in [-0.05, 0) is 6.42 Å². The van der Waals surface area contributed by atoms with E-state index in [-0.39, 0.29) is 0 Å². The summed E-state index contributed by atoms with van der Waals surface area (Å²) in [6.07, 6.45) is 16.6. The maximum atomic E-state index is 5.00. The lowest BCUT2D eigenvalue weighted by Gasteiger charge is -2.08. The van der Waals surface area contributed by atoms with Crippen LogP contribution in [-0.2, 0) is 0 Å². The first-order valence-electron chi connectivity index (χ1n) is 8.35. The van der Waals surface area contributed by atoms with Crippen LogP contribution in [0.4, 0.5) is 0 Å². The van der Waals surface area contributed by atoms with Crippen molar-refractivity contribution in [2.24, 2.45) is 5.84 Å². The van der Waals surface area contributed by atoms with Gasteiger partial charge < -0.3 is 0 Å². The fourth-order valence-corrected chi connectivity index (χ4v) is 2.23. The summed E-state index contributed by atoms with van der Waals surface area (Å²) in [5, 5.41) is 0. The van der Waals surface area contributed by atoms with Crippen molar-refractivity contribution < 1.29 is 0 Å². The summed E-state index contributed by atoms with van der Waals surface area (Å²) < 4.78 is 0. The van der Waals surface area contributed by atoms with E-state index in [2.05, 4.69) is 34.5 Å². The summed E-state index contributed by atoms with van der Waals surface area (Å²) >= 11 is 0. The van der Waals surface area contributed by atoms with E-state index in [1.54, 1.807) is 0 Å². The summed E-state index contributed by atoms with van der Waals surface area (Å²) in [5.41, 5.74) is 13.2. The first-order chi connectivity index (χ1) is 9.91. The molecule has 6 nitrogen and oxygen atoms in total. The van der Waals surface area contributed by atoms with E-state index in [1.165, 1.54) is 77.0 Å². The van der Waals surface area contributed by atoms with E-state index in [0.29, 0.717) is 0 Å². The van der Waals surface area contributed by atoms with Gasteiger partial charge in [-0.3, -0.25) is 5.84 Å². The molecule has 7 N–H and O–H groups in total. The Kier molecular flexibility index (Phi) is 18.5. The molecular weight excluding hydrogens is 252 g/mol. The lowest BCUT2D eigenvalue weighted by atomic mass is 10.1. The van der Waals surface area contributed by atoms with Crippen LogP contribution >= 0.6 is 0 Å². The molecule has 0 rings (SSSR count). The van der Waals surface area contributed by atoms with E-state index in [4.69, 9.17) is 5.84 Å².